The first kappa shape index (κ1) is 19.6. The highest BCUT2D eigenvalue weighted by molar-refractivity contribution is 5.98. The van der Waals surface area contributed by atoms with Crippen LogP contribution in [0, 0.1) is 0 Å². The lowest BCUT2D eigenvalue weighted by molar-refractivity contribution is 0.0951. The molecular weight excluding hydrogens is 396 g/mol. The van der Waals surface area contributed by atoms with Crippen LogP contribution in [0.15, 0.2) is 103 Å². The molecule has 5 heteroatoms. The summed E-state index contributed by atoms with van der Waals surface area (Å²) in [6.45, 7) is 0.415. The van der Waals surface area contributed by atoms with Gasteiger partial charge in [0.2, 0.25) is 0 Å². The molecule has 5 nitrogen and oxygen atoms in total. The molecule has 0 saturated carbocycles. The Bertz CT molecular complexity index is 1370. The van der Waals surface area contributed by atoms with E-state index < -0.39 is 0 Å². The fraction of sp³-hybridized carbons (Fsp3) is 0.0370. The Balaban J connectivity index is 1.54. The molecule has 0 atom stereocenters. The molecular formula is C27H20N4O. The Morgan fingerprint density at radius 3 is 2.00 bits per heavy atom. The van der Waals surface area contributed by atoms with E-state index in [-0.39, 0.29) is 5.91 Å². The molecule has 154 valence electrons. The van der Waals surface area contributed by atoms with Gasteiger partial charge in [-0.2, -0.15) is 0 Å². The first-order valence-corrected chi connectivity index (χ1v) is 10.4. The van der Waals surface area contributed by atoms with Crippen molar-refractivity contribution in [2.45, 2.75) is 6.54 Å². The normalized spacial score (nSPS) is 10.8. The summed E-state index contributed by atoms with van der Waals surface area (Å²) in [6, 6.07) is 29.2. The van der Waals surface area contributed by atoms with Crippen molar-refractivity contribution in [1.29, 1.82) is 0 Å². The molecule has 1 amide bonds. The molecule has 0 aliphatic heterocycles. The number of nitrogens with zero attached hydrogens (tertiary/aromatic N) is 3. The number of carbonyl (C=O) groups is 1. The van der Waals surface area contributed by atoms with Crippen molar-refractivity contribution in [3.63, 3.8) is 0 Å². The van der Waals surface area contributed by atoms with Crippen molar-refractivity contribution < 1.29 is 4.79 Å². The predicted octanol–water partition coefficient (Wildman–Crippen LogP) is 5.29. The number of amides is 1. The van der Waals surface area contributed by atoms with Crippen molar-refractivity contribution >= 4 is 16.9 Å². The van der Waals surface area contributed by atoms with Gasteiger partial charge in [-0.3, -0.25) is 9.78 Å². The molecule has 32 heavy (non-hydrogen) atoms. The van der Waals surface area contributed by atoms with Crippen molar-refractivity contribution in [3.05, 3.63) is 115 Å². The number of pyridine rings is 1. The molecule has 3 aromatic carbocycles. The van der Waals surface area contributed by atoms with Crippen LogP contribution < -0.4 is 5.32 Å². The summed E-state index contributed by atoms with van der Waals surface area (Å²) in [7, 11) is 0. The number of benzene rings is 3. The third-order valence-corrected chi connectivity index (χ3v) is 5.20. The fourth-order valence-corrected chi connectivity index (χ4v) is 3.58. The van der Waals surface area contributed by atoms with Crippen LogP contribution in [0.2, 0.25) is 0 Å². The van der Waals surface area contributed by atoms with Crippen LogP contribution in [0.25, 0.3) is 33.5 Å². The van der Waals surface area contributed by atoms with Gasteiger partial charge in [-0.05, 0) is 29.8 Å². The summed E-state index contributed by atoms with van der Waals surface area (Å²) in [5, 5.41) is 2.94. The largest absolute Gasteiger partial charge is 0.348 e. The van der Waals surface area contributed by atoms with Gasteiger partial charge in [0.25, 0.3) is 5.91 Å². The van der Waals surface area contributed by atoms with E-state index >= 15 is 0 Å². The first-order chi connectivity index (χ1) is 15.8. The van der Waals surface area contributed by atoms with Gasteiger partial charge in [-0.1, -0.05) is 66.7 Å². The van der Waals surface area contributed by atoms with Gasteiger partial charge in [0.05, 0.1) is 22.4 Å². The summed E-state index contributed by atoms with van der Waals surface area (Å²) in [6.07, 6.45) is 3.45. The van der Waals surface area contributed by atoms with Crippen molar-refractivity contribution in [2.24, 2.45) is 0 Å². The molecule has 5 aromatic rings. The van der Waals surface area contributed by atoms with Gasteiger partial charge in [-0.15, -0.1) is 0 Å². The topological polar surface area (TPSA) is 67.8 Å². The second-order valence-electron chi connectivity index (χ2n) is 7.40. The molecule has 0 bridgehead atoms. The maximum Gasteiger partial charge on any atom is 0.251 e. The molecule has 0 unspecified atom stereocenters. The lowest BCUT2D eigenvalue weighted by Crippen LogP contribution is -2.22. The van der Waals surface area contributed by atoms with Crippen LogP contribution in [0.1, 0.15) is 15.9 Å². The number of carbonyl (C=O) groups excluding carboxylic acids is 1. The minimum Gasteiger partial charge on any atom is -0.348 e. The molecule has 2 heterocycles. The maximum absolute atomic E-state index is 12.7. The van der Waals surface area contributed by atoms with Crippen LogP contribution in [-0.2, 0) is 6.54 Å². The average Bonchev–Trinajstić information content (AvgIpc) is 2.88. The average molecular weight is 416 g/mol. The molecule has 0 aliphatic rings. The van der Waals surface area contributed by atoms with Crippen LogP contribution in [0.4, 0.5) is 0 Å². The molecule has 5 rings (SSSR count). The van der Waals surface area contributed by atoms with Gasteiger partial charge >= 0.3 is 0 Å². The van der Waals surface area contributed by atoms with Crippen LogP contribution in [0.5, 0.6) is 0 Å². The van der Waals surface area contributed by atoms with Crippen molar-refractivity contribution in [3.8, 4) is 22.5 Å². The smallest absolute Gasteiger partial charge is 0.251 e. The summed E-state index contributed by atoms with van der Waals surface area (Å²) in [5.41, 5.74) is 6.49. The van der Waals surface area contributed by atoms with Gasteiger partial charge < -0.3 is 5.32 Å². The maximum atomic E-state index is 12.7. The lowest BCUT2D eigenvalue weighted by atomic mass is 10.0. The van der Waals surface area contributed by atoms with Crippen molar-refractivity contribution in [1.82, 2.24) is 20.3 Å². The predicted molar refractivity (Wildman–Crippen MR) is 126 cm³/mol. The van der Waals surface area contributed by atoms with Gasteiger partial charge in [0.1, 0.15) is 0 Å². The molecule has 0 fully saturated rings. The third-order valence-electron chi connectivity index (χ3n) is 5.20. The zero-order valence-corrected chi connectivity index (χ0v) is 17.3. The van der Waals surface area contributed by atoms with E-state index in [1.807, 2.05) is 78.9 Å². The number of rotatable bonds is 5. The van der Waals surface area contributed by atoms with E-state index in [0.717, 1.165) is 33.6 Å². The molecule has 0 radical (unpaired) electrons. The summed E-state index contributed by atoms with van der Waals surface area (Å²) >= 11 is 0. The molecule has 0 spiro atoms. The lowest BCUT2D eigenvalue weighted by Gasteiger charge is -2.11. The highest BCUT2D eigenvalue weighted by Gasteiger charge is 2.14. The minimum atomic E-state index is -0.161. The molecule has 2 aromatic heterocycles. The van der Waals surface area contributed by atoms with E-state index in [1.54, 1.807) is 24.5 Å². The Labute approximate surface area is 185 Å². The quantitative estimate of drug-likeness (QED) is 0.423. The van der Waals surface area contributed by atoms with E-state index in [9.17, 15) is 4.79 Å². The van der Waals surface area contributed by atoms with Gasteiger partial charge in [0.15, 0.2) is 0 Å². The van der Waals surface area contributed by atoms with Crippen LogP contribution in [0.3, 0.4) is 0 Å². The summed E-state index contributed by atoms with van der Waals surface area (Å²) in [4.78, 5) is 26.6. The highest BCUT2D eigenvalue weighted by Crippen LogP contribution is 2.31. The zero-order valence-electron chi connectivity index (χ0n) is 17.3. The Morgan fingerprint density at radius 1 is 0.719 bits per heavy atom. The first-order valence-electron chi connectivity index (χ1n) is 10.4. The standard InChI is InChI=1S/C27H20N4O/c32-27(29-18-19-8-7-15-28-17-19)22-13-14-23-24(16-22)31-26(21-11-5-2-6-12-21)25(30-23)20-9-3-1-4-10-20/h1-17H,18H2,(H,29,32). The molecule has 0 aliphatic carbocycles. The monoisotopic (exact) mass is 416 g/mol. The van der Waals surface area contributed by atoms with E-state index in [4.69, 9.17) is 9.97 Å². The van der Waals surface area contributed by atoms with E-state index in [0.29, 0.717) is 17.6 Å². The van der Waals surface area contributed by atoms with Crippen LogP contribution in [-0.4, -0.2) is 20.9 Å². The fourth-order valence-electron chi connectivity index (χ4n) is 3.58. The van der Waals surface area contributed by atoms with E-state index in [1.165, 1.54) is 0 Å². The van der Waals surface area contributed by atoms with E-state index in [2.05, 4.69) is 10.3 Å². The molecule has 1 N–H and O–H groups in total. The SMILES string of the molecule is O=C(NCc1cccnc1)c1ccc2nc(-c3ccccc3)c(-c3ccccc3)nc2c1. The highest BCUT2D eigenvalue weighted by atomic mass is 16.1. The second kappa shape index (κ2) is 8.78. The number of aromatic nitrogens is 3. The Hall–Kier alpha value is -4.38. The Morgan fingerprint density at radius 2 is 1.38 bits per heavy atom. The van der Waals surface area contributed by atoms with Crippen molar-refractivity contribution in [2.75, 3.05) is 0 Å². The van der Waals surface area contributed by atoms with Crippen LogP contribution >= 0.6 is 0 Å². The molecule has 0 saturated heterocycles. The van der Waals surface area contributed by atoms with Gasteiger partial charge in [0, 0.05) is 35.6 Å². The third kappa shape index (κ3) is 4.09. The summed E-state index contributed by atoms with van der Waals surface area (Å²) in [5.74, 6) is -0.161. The van der Waals surface area contributed by atoms with Gasteiger partial charge in [-0.25, -0.2) is 9.97 Å². The minimum absolute atomic E-state index is 0.161. The number of nitrogens with one attached hydrogen (secondary N) is 1. The number of hydrogen-bond donors (Lipinski definition) is 1. The zero-order chi connectivity index (χ0) is 21.8. The summed E-state index contributed by atoms with van der Waals surface area (Å²) < 4.78 is 0. The second-order valence-corrected chi connectivity index (χ2v) is 7.40. The Kier molecular flexibility index (Phi) is 5.37. The number of hydrogen-bond acceptors (Lipinski definition) is 4. The number of fused-ring (bicyclic) bond motifs is 1.